The molecule has 1 N–H and O–H groups in total. The fourth-order valence-electron chi connectivity index (χ4n) is 2.72. The molecule has 0 unspecified atom stereocenters. The number of carbonyl (C=O) groups excluding carboxylic acids is 1. The third kappa shape index (κ3) is 4.71. The first-order valence-corrected chi connectivity index (χ1v) is 7.88. The monoisotopic (exact) mass is 307 g/mol. The molecule has 1 aliphatic heterocycles. The van der Waals surface area contributed by atoms with Gasteiger partial charge in [0.1, 0.15) is 5.75 Å². The first-order chi connectivity index (χ1) is 10.7. The predicted molar refractivity (Wildman–Crippen MR) is 84.3 cm³/mol. The number of hydrogen-bond donors (Lipinski definition) is 1. The van der Waals surface area contributed by atoms with Gasteiger partial charge in [-0.05, 0) is 56.5 Å². The van der Waals surface area contributed by atoms with Crippen LogP contribution < -0.4 is 10.1 Å². The summed E-state index contributed by atoms with van der Waals surface area (Å²) in [5, 5.41) is 3.34. The number of carbonyl (C=O) groups is 1. The third-order valence-electron chi connectivity index (χ3n) is 3.99. The minimum Gasteiger partial charge on any atom is -0.494 e. The maximum Gasteiger partial charge on any atom is 0.338 e. The van der Waals surface area contributed by atoms with Gasteiger partial charge in [-0.15, -0.1) is 0 Å². The van der Waals surface area contributed by atoms with Gasteiger partial charge in [0, 0.05) is 13.7 Å². The zero-order valence-electron chi connectivity index (χ0n) is 13.3. The van der Waals surface area contributed by atoms with E-state index in [4.69, 9.17) is 14.2 Å². The highest BCUT2D eigenvalue weighted by molar-refractivity contribution is 5.89. The van der Waals surface area contributed by atoms with Crippen LogP contribution in [0.4, 0.5) is 0 Å². The standard InChI is InChI=1S/C17H25NO4/c1-3-21-17(19)14-4-6-15(7-5-14)22-11-9-13-8-10-18-12-16(13)20-2/h4-7,13,16,18H,3,8-12H2,1-2H3/t13-,16-/m0/s1. The molecule has 1 heterocycles. The van der Waals surface area contributed by atoms with Crippen molar-refractivity contribution in [3.05, 3.63) is 29.8 Å². The largest absolute Gasteiger partial charge is 0.494 e. The molecule has 1 saturated heterocycles. The molecule has 2 rings (SSSR count). The third-order valence-corrected chi connectivity index (χ3v) is 3.99. The van der Waals surface area contributed by atoms with Gasteiger partial charge in [-0.1, -0.05) is 0 Å². The molecule has 1 aromatic carbocycles. The SMILES string of the molecule is CCOC(=O)c1ccc(OCC[C@@H]2CCNC[C@@H]2OC)cc1. The molecule has 5 heteroatoms. The van der Waals surface area contributed by atoms with Crippen LogP contribution >= 0.6 is 0 Å². The molecule has 1 aromatic rings. The number of piperidine rings is 1. The second-order valence-corrected chi connectivity index (χ2v) is 5.41. The van der Waals surface area contributed by atoms with E-state index in [1.807, 2.05) is 12.1 Å². The van der Waals surface area contributed by atoms with Crippen molar-refractivity contribution in [1.29, 1.82) is 0 Å². The number of benzene rings is 1. The minimum absolute atomic E-state index is 0.267. The summed E-state index contributed by atoms with van der Waals surface area (Å²) in [5.74, 6) is 1.01. The summed E-state index contributed by atoms with van der Waals surface area (Å²) in [4.78, 5) is 11.6. The molecule has 2 atom stereocenters. The van der Waals surface area contributed by atoms with Crippen molar-refractivity contribution in [2.24, 2.45) is 5.92 Å². The summed E-state index contributed by atoms with van der Waals surface area (Å²) in [6.45, 7) is 4.79. The summed E-state index contributed by atoms with van der Waals surface area (Å²) in [5.41, 5.74) is 0.548. The molecule has 22 heavy (non-hydrogen) atoms. The quantitative estimate of drug-likeness (QED) is 0.783. The lowest BCUT2D eigenvalue weighted by molar-refractivity contribution is 0.0253. The van der Waals surface area contributed by atoms with Crippen molar-refractivity contribution >= 4 is 5.97 Å². The normalized spacial score (nSPS) is 21.4. The highest BCUT2D eigenvalue weighted by atomic mass is 16.5. The van der Waals surface area contributed by atoms with Crippen molar-refractivity contribution in [1.82, 2.24) is 5.32 Å². The van der Waals surface area contributed by atoms with Crippen molar-refractivity contribution < 1.29 is 19.0 Å². The van der Waals surface area contributed by atoms with Gasteiger partial charge >= 0.3 is 5.97 Å². The Labute approximate surface area is 131 Å². The fraction of sp³-hybridized carbons (Fsp3) is 0.588. The fourth-order valence-corrected chi connectivity index (χ4v) is 2.72. The highest BCUT2D eigenvalue weighted by Gasteiger charge is 2.24. The van der Waals surface area contributed by atoms with E-state index < -0.39 is 0 Å². The molecule has 1 aliphatic rings. The van der Waals surface area contributed by atoms with Gasteiger partial charge in [0.25, 0.3) is 0 Å². The van der Waals surface area contributed by atoms with Crippen LogP contribution in [0.5, 0.6) is 5.75 Å². The van der Waals surface area contributed by atoms with Crippen LogP contribution in [0.3, 0.4) is 0 Å². The number of hydrogen-bond acceptors (Lipinski definition) is 5. The lowest BCUT2D eigenvalue weighted by atomic mass is 9.92. The van der Waals surface area contributed by atoms with Gasteiger partial charge < -0.3 is 19.5 Å². The van der Waals surface area contributed by atoms with E-state index in [-0.39, 0.29) is 12.1 Å². The smallest absolute Gasteiger partial charge is 0.338 e. The van der Waals surface area contributed by atoms with E-state index in [2.05, 4.69) is 5.32 Å². The second-order valence-electron chi connectivity index (χ2n) is 5.41. The van der Waals surface area contributed by atoms with Crippen molar-refractivity contribution in [3.63, 3.8) is 0 Å². The van der Waals surface area contributed by atoms with Crippen LogP contribution in [0.25, 0.3) is 0 Å². The van der Waals surface area contributed by atoms with Crippen LogP contribution in [-0.2, 0) is 9.47 Å². The summed E-state index contributed by atoms with van der Waals surface area (Å²) >= 11 is 0. The number of nitrogens with one attached hydrogen (secondary N) is 1. The van der Waals surface area contributed by atoms with E-state index in [0.717, 1.165) is 31.7 Å². The molecule has 0 spiro atoms. The Balaban J connectivity index is 1.78. The van der Waals surface area contributed by atoms with Crippen LogP contribution in [0, 0.1) is 5.92 Å². The Morgan fingerprint density at radius 2 is 2.09 bits per heavy atom. The molecule has 5 nitrogen and oxygen atoms in total. The lowest BCUT2D eigenvalue weighted by Crippen LogP contribution is -2.42. The second kappa shape index (κ2) is 8.76. The highest BCUT2D eigenvalue weighted by Crippen LogP contribution is 2.20. The summed E-state index contributed by atoms with van der Waals surface area (Å²) in [6.07, 6.45) is 2.35. The van der Waals surface area contributed by atoms with E-state index in [1.165, 1.54) is 0 Å². The van der Waals surface area contributed by atoms with Crippen LogP contribution in [0.15, 0.2) is 24.3 Å². The van der Waals surface area contributed by atoms with E-state index in [9.17, 15) is 4.79 Å². The molecule has 0 aromatic heterocycles. The van der Waals surface area contributed by atoms with Crippen molar-refractivity contribution in [3.8, 4) is 5.75 Å². The molecule has 122 valence electrons. The van der Waals surface area contributed by atoms with Gasteiger partial charge in [0.15, 0.2) is 0 Å². The number of esters is 1. The van der Waals surface area contributed by atoms with Gasteiger partial charge in [0.2, 0.25) is 0 Å². The average molecular weight is 307 g/mol. The van der Waals surface area contributed by atoms with Crippen molar-refractivity contribution in [2.75, 3.05) is 33.4 Å². The topological polar surface area (TPSA) is 56.8 Å². The molecule has 0 amide bonds. The van der Waals surface area contributed by atoms with Gasteiger partial charge in [-0.25, -0.2) is 4.79 Å². The molecule has 1 fully saturated rings. The van der Waals surface area contributed by atoms with E-state index in [0.29, 0.717) is 24.7 Å². The number of methoxy groups -OCH3 is 1. The molecule has 0 bridgehead atoms. The van der Waals surface area contributed by atoms with Gasteiger partial charge in [-0.2, -0.15) is 0 Å². The zero-order chi connectivity index (χ0) is 15.8. The van der Waals surface area contributed by atoms with Crippen LogP contribution in [0.2, 0.25) is 0 Å². The van der Waals surface area contributed by atoms with Crippen molar-refractivity contribution in [2.45, 2.75) is 25.9 Å². The van der Waals surface area contributed by atoms with Crippen LogP contribution in [-0.4, -0.2) is 45.5 Å². The van der Waals surface area contributed by atoms with Gasteiger partial charge in [0.05, 0.1) is 24.9 Å². The zero-order valence-corrected chi connectivity index (χ0v) is 13.3. The maximum atomic E-state index is 11.6. The predicted octanol–water partition coefficient (Wildman–Crippen LogP) is 2.26. The number of ether oxygens (including phenoxy) is 3. The lowest BCUT2D eigenvalue weighted by Gasteiger charge is -2.31. The summed E-state index contributed by atoms with van der Waals surface area (Å²) in [6, 6.07) is 7.08. The minimum atomic E-state index is -0.299. The molecular formula is C17H25NO4. The van der Waals surface area contributed by atoms with E-state index in [1.54, 1.807) is 26.2 Å². The molecule has 0 radical (unpaired) electrons. The first kappa shape index (κ1) is 16.8. The molecule has 0 saturated carbocycles. The summed E-state index contributed by atoms with van der Waals surface area (Å²) in [7, 11) is 1.76. The van der Waals surface area contributed by atoms with Gasteiger partial charge in [-0.3, -0.25) is 0 Å². The Hall–Kier alpha value is -1.59. The Morgan fingerprint density at radius 3 is 2.77 bits per heavy atom. The van der Waals surface area contributed by atoms with E-state index >= 15 is 0 Å². The Bertz CT molecular complexity index is 460. The summed E-state index contributed by atoms with van der Waals surface area (Å²) < 4.78 is 16.2. The Kier molecular flexibility index (Phi) is 6.68. The Morgan fingerprint density at radius 1 is 1.32 bits per heavy atom. The maximum absolute atomic E-state index is 11.6. The average Bonchev–Trinajstić information content (AvgIpc) is 2.56. The van der Waals surface area contributed by atoms with Crippen LogP contribution in [0.1, 0.15) is 30.1 Å². The molecular weight excluding hydrogens is 282 g/mol. The number of rotatable bonds is 7. The first-order valence-electron chi connectivity index (χ1n) is 7.88. The molecule has 0 aliphatic carbocycles.